The highest BCUT2D eigenvalue weighted by atomic mass is 32.1. The smallest absolute Gasteiger partial charge is 0.191 e. The van der Waals surface area contributed by atoms with Crippen LogP contribution < -0.4 is 15.5 Å². The van der Waals surface area contributed by atoms with Crippen molar-refractivity contribution < 1.29 is 9.13 Å². The van der Waals surface area contributed by atoms with E-state index in [4.69, 9.17) is 4.74 Å². The third-order valence-corrected chi connectivity index (χ3v) is 6.59. The lowest BCUT2D eigenvalue weighted by Crippen LogP contribution is -2.48. The molecule has 0 amide bonds. The molecule has 2 unspecified atom stereocenters. The summed E-state index contributed by atoms with van der Waals surface area (Å²) >= 11 is 1.78. The number of ether oxygens (including phenoxy) is 1. The zero-order valence-electron chi connectivity index (χ0n) is 17.3. The van der Waals surface area contributed by atoms with Gasteiger partial charge in [-0.25, -0.2) is 9.37 Å². The molecule has 4 rings (SSSR count). The minimum Gasteiger partial charge on any atom is -0.379 e. The van der Waals surface area contributed by atoms with E-state index in [1.807, 2.05) is 4.90 Å². The number of aromatic nitrogens is 1. The van der Waals surface area contributed by atoms with Crippen molar-refractivity contribution in [2.45, 2.75) is 18.5 Å². The molecule has 2 aromatic rings. The largest absolute Gasteiger partial charge is 0.379 e. The Morgan fingerprint density at radius 1 is 1.33 bits per heavy atom. The van der Waals surface area contributed by atoms with Gasteiger partial charge in [0, 0.05) is 56.9 Å². The first-order chi connectivity index (χ1) is 14.7. The van der Waals surface area contributed by atoms with Gasteiger partial charge in [0.1, 0.15) is 0 Å². The standard InChI is InChI=1S/C21H29FN6OS/c1-23-21(26-16-6-8-28(15-16)20-17(22)4-2-7-24-20)25-14-18(19-5-3-13-30-19)27-9-11-29-12-10-27/h2-5,7,13,16,18H,6,8-12,14-15H2,1H3,(H2,23,25,26). The molecule has 2 aromatic heterocycles. The Balaban J connectivity index is 1.33. The summed E-state index contributed by atoms with van der Waals surface area (Å²) in [5, 5.41) is 9.12. The summed E-state index contributed by atoms with van der Waals surface area (Å²) in [6.07, 6.45) is 2.55. The highest BCUT2D eigenvalue weighted by Gasteiger charge is 2.27. The van der Waals surface area contributed by atoms with Crippen LogP contribution in [0.5, 0.6) is 0 Å². The Bertz CT molecular complexity index is 827. The third kappa shape index (κ3) is 5.08. The molecular weight excluding hydrogens is 403 g/mol. The second-order valence-corrected chi connectivity index (χ2v) is 8.50. The van der Waals surface area contributed by atoms with Crippen LogP contribution in [0.1, 0.15) is 17.3 Å². The molecule has 2 fully saturated rings. The Morgan fingerprint density at radius 3 is 2.93 bits per heavy atom. The molecule has 0 saturated carbocycles. The number of aliphatic imine (C=N–C) groups is 1. The lowest BCUT2D eigenvalue weighted by Gasteiger charge is -2.34. The van der Waals surface area contributed by atoms with E-state index >= 15 is 0 Å². The van der Waals surface area contributed by atoms with Crippen LogP contribution in [0.4, 0.5) is 10.2 Å². The lowest BCUT2D eigenvalue weighted by molar-refractivity contribution is 0.0177. The Kier molecular flexibility index (Phi) is 7.14. The van der Waals surface area contributed by atoms with E-state index in [1.54, 1.807) is 30.6 Å². The van der Waals surface area contributed by atoms with Crippen LogP contribution in [0.15, 0.2) is 40.8 Å². The van der Waals surface area contributed by atoms with E-state index in [-0.39, 0.29) is 17.9 Å². The number of thiophene rings is 1. The zero-order valence-corrected chi connectivity index (χ0v) is 18.1. The Hall–Kier alpha value is -2.23. The number of morpholine rings is 1. The van der Waals surface area contributed by atoms with Crippen LogP contribution in [-0.4, -0.2) is 74.9 Å². The van der Waals surface area contributed by atoms with Crippen molar-refractivity contribution in [1.82, 2.24) is 20.5 Å². The molecule has 0 bridgehead atoms. The van der Waals surface area contributed by atoms with E-state index in [9.17, 15) is 4.39 Å². The topological polar surface area (TPSA) is 65.0 Å². The number of nitrogens with zero attached hydrogens (tertiary/aromatic N) is 4. The number of guanidine groups is 1. The molecule has 0 aliphatic carbocycles. The molecule has 30 heavy (non-hydrogen) atoms. The first kappa shape index (κ1) is 21.0. The summed E-state index contributed by atoms with van der Waals surface area (Å²) in [4.78, 5) is 14.4. The van der Waals surface area contributed by atoms with E-state index in [1.165, 1.54) is 10.9 Å². The normalized spacial score (nSPS) is 21.6. The average molecular weight is 433 g/mol. The highest BCUT2D eigenvalue weighted by molar-refractivity contribution is 7.10. The molecule has 2 aliphatic heterocycles. The van der Waals surface area contributed by atoms with Crippen LogP contribution in [0.25, 0.3) is 0 Å². The monoisotopic (exact) mass is 432 g/mol. The number of pyridine rings is 1. The van der Waals surface area contributed by atoms with Gasteiger partial charge in [-0.3, -0.25) is 9.89 Å². The lowest BCUT2D eigenvalue weighted by atomic mass is 10.2. The average Bonchev–Trinajstić information content (AvgIpc) is 3.47. The fourth-order valence-corrected chi connectivity index (χ4v) is 4.90. The van der Waals surface area contributed by atoms with Crippen molar-refractivity contribution in [2.75, 3.05) is 57.9 Å². The second kappa shape index (κ2) is 10.2. The Morgan fingerprint density at radius 2 is 2.20 bits per heavy atom. The van der Waals surface area contributed by atoms with Crippen molar-refractivity contribution in [1.29, 1.82) is 0 Å². The summed E-state index contributed by atoms with van der Waals surface area (Å²) in [7, 11) is 1.79. The minimum absolute atomic E-state index is 0.196. The summed E-state index contributed by atoms with van der Waals surface area (Å²) < 4.78 is 19.6. The molecule has 2 saturated heterocycles. The second-order valence-electron chi connectivity index (χ2n) is 7.52. The molecule has 4 heterocycles. The maximum Gasteiger partial charge on any atom is 0.191 e. The Labute approximate surface area is 181 Å². The first-order valence-corrected chi connectivity index (χ1v) is 11.3. The number of anilines is 1. The van der Waals surface area contributed by atoms with Crippen LogP contribution in [0.3, 0.4) is 0 Å². The number of hydrogen-bond donors (Lipinski definition) is 2. The highest BCUT2D eigenvalue weighted by Crippen LogP contribution is 2.25. The molecular formula is C21H29FN6OS. The quantitative estimate of drug-likeness (QED) is 0.538. The maximum absolute atomic E-state index is 14.0. The van der Waals surface area contributed by atoms with E-state index in [0.717, 1.165) is 51.8 Å². The van der Waals surface area contributed by atoms with Crippen molar-refractivity contribution >= 4 is 23.1 Å². The van der Waals surface area contributed by atoms with Crippen LogP contribution in [0, 0.1) is 5.82 Å². The van der Waals surface area contributed by atoms with Crippen molar-refractivity contribution in [3.8, 4) is 0 Å². The molecule has 9 heteroatoms. The predicted octanol–water partition coefficient (Wildman–Crippen LogP) is 2.10. The van der Waals surface area contributed by atoms with E-state index in [2.05, 4.69) is 43.0 Å². The molecule has 0 radical (unpaired) electrons. The van der Waals surface area contributed by atoms with E-state index in [0.29, 0.717) is 12.4 Å². The summed E-state index contributed by atoms with van der Waals surface area (Å²) in [5.41, 5.74) is 0. The van der Waals surface area contributed by atoms with Gasteiger partial charge in [0.15, 0.2) is 17.6 Å². The van der Waals surface area contributed by atoms with Gasteiger partial charge in [0.2, 0.25) is 0 Å². The number of nitrogens with one attached hydrogen (secondary N) is 2. The predicted molar refractivity (Wildman–Crippen MR) is 119 cm³/mol. The molecule has 2 atom stereocenters. The zero-order chi connectivity index (χ0) is 20.8. The van der Waals surface area contributed by atoms with Gasteiger partial charge in [-0.05, 0) is 30.0 Å². The van der Waals surface area contributed by atoms with Gasteiger partial charge in [0.25, 0.3) is 0 Å². The maximum atomic E-state index is 14.0. The molecule has 2 N–H and O–H groups in total. The third-order valence-electron chi connectivity index (χ3n) is 5.61. The number of hydrogen-bond acceptors (Lipinski definition) is 6. The summed E-state index contributed by atoms with van der Waals surface area (Å²) in [5.74, 6) is 0.929. The van der Waals surface area contributed by atoms with Gasteiger partial charge in [-0.2, -0.15) is 0 Å². The molecule has 0 spiro atoms. The van der Waals surface area contributed by atoms with Crippen LogP contribution in [0.2, 0.25) is 0 Å². The van der Waals surface area contributed by atoms with Crippen LogP contribution >= 0.6 is 11.3 Å². The molecule has 2 aliphatic rings. The fourth-order valence-electron chi connectivity index (χ4n) is 4.04. The van der Waals surface area contributed by atoms with Gasteiger partial charge in [-0.1, -0.05) is 6.07 Å². The van der Waals surface area contributed by atoms with Gasteiger partial charge in [-0.15, -0.1) is 11.3 Å². The van der Waals surface area contributed by atoms with Gasteiger partial charge < -0.3 is 20.3 Å². The van der Waals surface area contributed by atoms with Gasteiger partial charge in [0.05, 0.1) is 19.3 Å². The molecule has 162 valence electrons. The van der Waals surface area contributed by atoms with Gasteiger partial charge >= 0.3 is 0 Å². The molecule has 0 aromatic carbocycles. The number of rotatable bonds is 6. The summed E-state index contributed by atoms with van der Waals surface area (Å²) in [6, 6.07) is 7.86. The number of halogens is 1. The molecule has 7 nitrogen and oxygen atoms in total. The van der Waals surface area contributed by atoms with Crippen molar-refractivity contribution in [3.05, 3.63) is 46.5 Å². The van der Waals surface area contributed by atoms with Crippen LogP contribution in [-0.2, 0) is 4.74 Å². The van der Waals surface area contributed by atoms with Crippen molar-refractivity contribution in [3.63, 3.8) is 0 Å². The van der Waals surface area contributed by atoms with Crippen molar-refractivity contribution in [2.24, 2.45) is 4.99 Å². The first-order valence-electron chi connectivity index (χ1n) is 10.4. The fraction of sp³-hybridized carbons (Fsp3) is 0.524. The minimum atomic E-state index is -0.273. The van der Waals surface area contributed by atoms with E-state index < -0.39 is 0 Å². The SMILES string of the molecule is CN=C(NCC(c1cccs1)N1CCOCC1)NC1CCN(c2ncccc2F)C1. The summed E-state index contributed by atoms with van der Waals surface area (Å²) in [6.45, 7) is 5.66.